The van der Waals surface area contributed by atoms with Gasteiger partial charge in [0, 0.05) is 35.0 Å². The number of nitrogens with zero attached hydrogens (tertiary/aromatic N) is 3. The second-order valence-electron chi connectivity index (χ2n) is 9.13. The summed E-state index contributed by atoms with van der Waals surface area (Å²) in [5, 5.41) is 3.73. The first kappa shape index (κ1) is 21.9. The van der Waals surface area contributed by atoms with E-state index in [0.717, 1.165) is 44.2 Å². The highest BCUT2D eigenvalue weighted by molar-refractivity contribution is 6.10. The highest BCUT2D eigenvalue weighted by Gasteiger charge is 2.43. The monoisotopic (exact) mass is 473 g/mol. The zero-order valence-corrected chi connectivity index (χ0v) is 20.1. The molecule has 0 spiro atoms. The van der Waals surface area contributed by atoms with Gasteiger partial charge in [0.1, 0.15) is 11.6 Å². The predicted molar refractivity (Wildman–Crippen MR) is 142 cm³/mol. The molecule has 6 rings (SSSR count). The molecular formula is C30H25N4O2+. The Balaban J connectivity index is 1.57. The number of rotatable bonds is 3. The Bertz CT molecular complexity index is 1740. The molecule has 5 aromatic rings. The number of para-hydroxylation sites is 1. The summed E-state index contributed by atoms with van der Waals surface area (Å²) in [6.07, 6.45) is 2.29. The number of carbonyl (C=O) groups is 1. The van der Waals surface area contributed by atoms with Crippen molar-refractivity contribution in [1.82, 2.24) is 15.0 Å². The molecule has 0 bridgehead atoms. The Morgan fingerprint density at radius 1 is 0.972 bits per heavy atom. The number of fused-ring (bicyclic) bond motifs is 2. The summed E-state index contributed by atoms with van der Waals surface area (Å²) >= 11 is 0. The normalized spacial score (nSPS) is 15.7. The topological polar surface area (TPSA) is 69.1 Å². The molecule has 0 saturated heterocycles. The van der Waals surface area contributed by atoms with Crippen LogP contribution in [0.15, 0.2) is 95.9 Å². The van der Waals surface area contributed by atoms with Crippen LogP contribution in [-0.2, 0) is 4.79 Å². The van der Waals surface area contributed by atoms with Crippen molar-refractivity contribution in [2.45, 2.75) is 19.4 Å². The number of pyridine rings is 2. The van der Waals surface area contributed by atoms with Crippen LogP contribution in [0.3, 0.4) is 0 Å². The Morgan fingerprint density at radius 3 is 2.56 bits per heavy atom. The summed E-state index contributed by atoms with van der Waals surface area (Å²) in [4.78, 5) is 34.0. The number of hydrogen-bond donors (Lipinski definition) is 1. The minimum absolute atomic E-state index is 0.0812. The van der Waals surface area contributed by atoms with Gasteiger partial charge in [0.05, 0.1) is 11.9 Å². The van der Waals surface area contributed by atoms with E-state index < -0.39 is 0 Å². The molecule has 0 saturated carbocycles. The highest BCUT2D eigenvalue weighted by atomic mass is 16.2. The maximum atomic E-state index is 13.6. The van der Waals surface area contributed by atoms with Crippen LogP contribution in [0.4, 0.5) is 0 Å². The number of aromatic nitrogens is 2. The van der Waals surface area contributed by atoms with Gasteiger partial charge in [0.2, 0.25) is 5.71 Å². The second-order valence-corrected chi connectivity index (χ2v) is 9.13. The van der Waals surface area contributed by atoms with Crippen molar-refractivity contribution >= 4 is 33.4 Å². The average molecular weight is 474 g/mol. The molecule has 1 unspecified atom stereocenters. The molecule has 1 atom stereocenters. The largest absolute Gasteiger partial charge is 0.321 e. The van der Waals surface area contributed by atoms with Gasteiger partial charge in [-0.3, -0.25) is 14.6 Å². The third-order valence-corrected chi connectivity index (χ3v) is 7.00. The number of hydrazone groups is 1. The summed E-state index contributed by atoms with van der Waals surface area (Å²) in [7, 11) is 1.86. The van der Waals surface area contributed by atoms with E-state index in [4.69, 9.17) is 0 Å². The van der Waals surface area contributed by atoms with Crippen molar-refractivity contribution in [2.24, 2.45) is 0 Å². The third kappa shape index (κ3) is 3.50. The van der Waals surface area contributed by atoms with Crippen LogP contribution in [0.25, 0.3) is 32.9 Å². The Labute approximate surface area is 208 Å². The smallest absolute Gasteiger partial charge is 0.275 e. The molecule has 1 amide bonds. The molecular weight excluding hydrogens is 448 g/mol. The number of aromatic amines is 1. The first-order chi connectivity index (χ1) is 17.5. The van der Waals surface area contributed by atoms with Crippen LogP contribution in [0.1, 0.15) is 30.5 Å². The number of hydrogen-bond acceptors (Lipinski definition) is 3. The minimum atomic E-state index is -0.235. The van der Waals surface area contributed by atoms with Crippen molar-refractivity contribution in [1.29, 1.82) is 0 Å². The van der Waals surface area contributed by atoms with E-state index in [9.17, 15) is 9.59 Å². The van der Waals surface area contributed by atoms with Crippen molar-refractivity contribution < 1.29 is 9.48 Å². The molecule has 3 heterocycles. The molecule has 6 nitrogen and oxygen atoms in total. The fourth-order valence-corrected chi connectivity index (χ4v) is 5.42. The van der Waals surface area contributed by atoms with Crippen LogP contribution >= 0.6 is 0 Å². The minimum Gasteiger partial charge on any atom is -0.321 e. The molecule has 0 fully saturated rings. The van der Waals surface area contributed by atoms with E-state index in [1.807, 2.05) is 90.6 Å². The van der Waals surface area contributed by atoms with Gasteiger partial charge < -0.3 is 4.98 Å². The van der Waals surface area contributed by atoms with E-state index >= 15 is 0 Å². The van der Waals surface area contributed by atoms with Gasteiger partial charge in [0.15, 0.2) is 7.05 Å². The van der Waals surface area contributed by atoms with Crippen LogP contribution in [0.2, 0.25) is 0 Å². The second kappa shape index (κ2) is 8.57. The third-order valence-electron chi connectivity index (χ3n) is 7.00. The fraction of sp³-hybridized carbons (Fsp3) is 0.133. The highest BCUT2D eigenvalue weighted by Crippen LogP contribution is 2.36. The Morgan fingerprint density at radius 2 is 1.75 bits per heavy atom. The van der Waals surface area contributed by atoms with Crippen molar-refractivity contribution in [3.05, 3.63) is 113 Å². The lowest BCUT2D eigenvalue weighted by atomic mass is 9.90. The summed E-state index contributed by atoms with van der Waals surface area (Å²) in [5.41, 5.74) is 5.78. The van der Waals surface area contributed by atoms with Crippen LogP contribution in [0.5, 0.6) is 0 Å². The molecule has 2 aromatic heterocycles. The van der Waals surface area contributed by atoms with Gasteiger partial charge in [-0.1, -0.05) is 60.7 Å². The molecule has 0 aliphatic carbocycles. The van der Waals surface area contributed by atoms with E-state index in [0.29, 0.717) is 12.0 Å². The number of amides is 1. The zero-order valence-electron chi connectivity index (χ0n) is 20.1. The number of H-pyrrole nitrogens is 1. The number of carbonyl (C=O) groups excluding carboxylic acids is 1. The van der Waals surface area contributed by atoms with Gasteiger partial charge in [0.25, 0.3) is 11.5 Å². The molecule has 0 radical (unpaired) electrons. The van der Waals surface area contributed by atoms with Crippen molar-refractivity contribution in [3.63, 3.8) is 0 Å². The van der Waals surface area contributed by atoms with Gasteiger partial charge in [-0.2, -0.15) is 0 Å². The number of hydrazine groups is 1. The van der Waals surface area contributed by atoms with Gasteiger partial charge in [-0.05, 0) is 35.4 Å². The molecule has 176 valence electrons. The van der Waals surface area contributed by atoms with Crippen molar-refractivity contribution in [2.75, 3.05) is 7.05 Å². The fourth-order valence-electron chi connectivity index (χ4n) is 5.42. The standard InChI is InChI=1S/C30H24N4O2/c1-19(35)34-26(22-14-15-24-21(17-22)11-8-16-31-24)18-27(33(34)2)29-28(20-9-4-3-5-10-20)23-12-6-7-13-25(23)32-30(29)36/h3-17,26H,18H2,1-2H3/p+1. The number of nitrogens with one attached hydrogen (secondary N) is 1. The van der Waals surface area contributed by atoms with E-state index in [1.165, 1.54) is 0 Å². The molecule has 1 N–H and O–H groups in total. The number of benzene rings is 3. The van der Waals surface area contributed by atoms with E-state index in [-0.39, 0.29) is 17.5 Å². The Kier molecular flexibility index (Phi) is 5.22. The Hall–Kier alpha value is -4.58. The van der Waals surface area contributed by atoms with Crippen LogP contribution in [0, 0.1) is 0 Å². The van der Waals surface area contributed by atoms with E-state index in [1.54, 1.807) is 18.1 Å². The SMILES string of the molecule is CC(=O)N1C(c2ccc3ncccc3c2)CC(c2c(-c3ccccc3)c3ccccc3[nH]c2=O)=[N+]1C. The summed E-state index contributed by atoms with van der Waals surface area (Å²) in [5.74, 6) is -0.0812. The molecule has 6 heteroatoms. The van der Waals surface area contributed by atoms with Gasteiger partial charge in [-0.25, -0.2) is 0 Å². The quantitative estimate of drug-likeness (QED) is 0.372. The summed E-state index contributed by atoms with van der Waals surface area (Å²) in [6.45, 7) is 1.57. The molecule has 1 aliphatic rings. The lowest BCUT2D eigenvalue weighted by Gasteiger charge is -2.19. The predicted octanol–water partition coefficient (Wildman–Crippen LogP) is 5.08. The maximum absolute atomic E-state index is 13.6. The average Bonchev–Trinajstić information content (AvgIpc) is 3.25. The molecule has 1 aliphatic heterocycles. The van der Waals surface area contributed by atoms with Crippen molar-refractivity contribution in [3.8, 4) is 11.1 Å². The van der Waals surface area contributed by atoms with Crippen LogP contribution in [-0.4, -0.2) is 38.3 Å². The lowest BCUT2D eigenvalue weighted by Crippen LogP contribution is -2.36. The summed E-state index contributed by atoms with van der Waals surface area (Å²) in [6, 6.07) is 27.6. The van der Waals surface area contributed by atoms with Gasteiger partial charge in [-0.15, -0.1) is 9.69 Å². The zero-order chi connectivity index (χ0) is 24.8. The maximum Gasteiger partial charge on any atom is 0.275 e. The van der Waals surface area contributed by atoms with Crippen LogP contribution < -0.4 is 5.56 Å². The molecule has 3 aromatic carbocycles. The molecule has 36 heavy (non-hydrogen) atoms. The first-order valence-electron chi connectivity index (χ1n) is 12.0. The first-order valence-corrected chi connectivity index (χ1v) is 12.0. The van der Waals surface area contributed by atoms with Gasteiger partial charge >= 0.3 is 0 Å². The van der Waals surface area contributed by atoms with E-state index in [2.05, 4.69) is 16.0 Å². The lowest BCUT2D eigenvalue weighted by molar-refractivity contribution is -0.645. The summed E-state index contributed by atoms with van der Waals surface area (Å²) < 4.78 is 1.85.